The van der Waals surface area contributed by atoms with Crippen molar-refractivity contribution in [2.24, 2.45) is 0 Å². The molecule has 0 atom stereocenters. The van der Waals surface area contributed by atoms with Gasteiger partial charge >= 0.3 is 11.6 Å². The van der Waals surface area contributed by atoms with Gasteiger partial charge in [-0.1, -0.05) is 75.2 Å². The summed E-state index contributed by atoms with van der Waals surface area (Å²) in [5.41, 5.74) is 4.43. The second-order valence-electron chi connectivity index (χ2n) is 8.61. The predicted molar refractivity (Wildman–Crippen MR) is 157 cm³/mol. The maximum atomic E-state index is 9.25. The molecule has 4 aromatic carbocycles. The number of hydrogen-bond acceptors (Lipinski definition) is 6. The monoisotopic (exact) mass is 548 g/mol. The average Bonchev–Trinajstić information content (AvgIpc) is 2.96. The minimum absolute atomic E-state index is 0.290. The first-order valence-electron chi connectivity index (χ1n) is 13.0. The Balaban J connectivity index is 0.000000249. The van der Waals surface area contributed by atoms with Crippen molar-refractivity contribution in [3.8, 4) is 45.3 Å². The summed E-state index contributed by atoms with van der Waals surface area (Å²) in [4.78, 5) is 0. The van der Waals surface area contributed by atoms with Crippen LogP contribution in [0, 0.1) is 0 Å². The van der Waals surface area contributed by atoms with Gasteiger partial charge in [0.1, 0.15) is 23.0 Å². The van der Waals surface area contributed by atoms with Crippen LogP contribution >= 0.6 is 0 Å². The Morgan fingerprint density at radius 3 is 1.03 bits per heavy atom. The molecule has 0 amide bonds. The molecule has 0 saturated heterocycles. The zero-order valence-corrected chi connectivity index (χ0v) is 23.2. The number of unbranched alkanes of at least 4 members (excludes halogenated alkanes) is 2. The zero-order valence-electron chi connectivity index (χ0n) is 22.4. The van der Waals surface area contributed by atoms with Crippen LogP contribution in [0.1, 0.15) is 39.5 Å². The largest absolute Gasteiger partial charge is 0.508 e. The number of phenolic OH excluding ortho intramolecular Hbond substituents is 2. The van der Waals surface area contributed by atoms with Gasteiger partial charge in [0.2, 0.25) is 0 Å². The highest BCUT2D eigenvalue weighted by Gasteiger charge is 2.00. The Morgan fingerprint density at radius 2 is 0.769 bits per heavy atom. The molecule has 0 aliphatic carbocycles. The van der Waals surface area contributed by atoms with Crippen molar-refractivity contribution in [1.82, 2.24) is 0 Å². The summed E-state index contributed by atoms with van der Waals surface area (Å²) >= 11 is -0.750. The van der Waals surface area contributed by atoms with Crippen molar-refractivity contribution in [3.63, 3.8) is 0 Å². The first-order chi connectivity index (χ1) is 19.0. The molecule has 0 bridgehead atoms. The van der Waals surface area contributed by atoms with Crippen LogP contribution in [0.2, 0.25) is 0 Å². The molecule has 206 valence electrons. The molecule has 6 nitrogen and oxygen atoms in total. The molecule has 39 heavy (non-hydrogen) atoms. The van der Waals surface area contributed by atoms with Crippen molar-refractivity contribution >= 4 is 11.6 Å². The van der Waals surface area contributed by atoms with Crippen LogP contribution in [-0.4, -0.2) is 31.8 Å². The number of aromatic hydroxyl groups is 2. The Morgan fingerprint density at radius 1 is 0.513 bits per heavy atom. The van der Waals surface area contributed by atoms with E-state index in [1.165, 1.54) is 0 Å². The van der Waals surface area contributed by atoms with E-state index in [0.717, 1.165) is 72.6 Å². The van der Waals surface area contributed by atoms with Crippen molar-refractivity contribution in [3.05, 3.63) is 97.1 Å². The number of ether oxygens (including phenoxy) is 2. The van der Waals surface area contributed by atoms with E-state index in [2.05, 4.69) is 13.8 Å². The van der Waals surface area contributed by atoms with Crippen molar-refractivity contribution in [2.75, 3.05) is 13.2 Å². The molecule has 0 aromatic heterocycles. The van der Waals surface area contributed by atoms with Gasteiger partial charge in [0, 0.05) is 0 Å². The van der Waals surface area contributed by atoms with Gasteiger partial charge in [-0.05, 0) is 83.6 Å². The third kappa shape index (κ3) is 11.9. The lowest BCUT2D eigenvalue weighted by atomic mass is 10.1. The van der Waals surface area contributed by atoms with Crippen LogP contribution in [0.15, 0.2) is 97.1 Å². The molecule has 0 spiro atoms. The summed E-state index contributed by atoms with van der Waals surface area (Å²) in [6.07, 6.45) is 4.45. The van der Waals surface area contributed by atoms with Gasteiger partial charge in [-0.15, -0.1) is 0 Å². The number of hydrogen-bond donors (Lipinski definition) is 2. The first-order valence-corrected chi connectivity index (χ1v) is 13.6. The van der Waals surface area contributed by atoms with E-state index in [-0.39, 0.29) is 0 Å². The molecule has 0 heterocycles. The highest BCUT2D eigenvalue weighted by Crippen LogP contribution is 2.25. The molecule has 4 aromatic rings. The van der Waals surface area contributed by atoms with Crippen molar-refractivity contribution in [2.45, 2.75) is 39.5 Å². The Bertz CT molecular complexity index is 1140. The number of rotatable bonds is 10. The Kier molecular flexibility index (Phi) is 14.5. The van der Waals surface area contributed by atoms with E-state index in [1.54, 1.807) is 24.3 Å². The molecule has 0 unspecified atom stereocenters. The zero-order chi connectivity index (χ0) is 28.3. The van der Waals surface area contributed by atoms with E-state index >= 15 is 0 Å². The van der Waals surface area contributed by atoms with E-state index in [0.29, 0.717) is 11.5 Å². The van der Waals surface area contributed by atoms with Gasteiger partial charge in [-0.2, -0.15) is 8.42 Å². The molecule has 7 heteroatoms. The highest BCUT2D eigenvalue weighted by atomic mass is 32.1. The minimum atomic E-state index is -0.750. The summed E-state index contributed by atoms with van der Waals surface area (Å²) < 4.78 is 27.8. The SMILES string of the molecule is CCCCOc1ccc(-c2ccc(O)cc2)cc1.CCCCOc1ccc(-c2ccc(O)cc2)cc1.O=S=O. The summed E-state index contributed by atoms with van der Waals surface area (Å²) in [6.45, 7) is 5.85. The highest BCUT2D eigenvalue weighted by molar-refractivity contribution is 7.51. The van der Waals surface area contributed by atoms with Gasteiger partial charge in [-0.25, -0.2) is 0 Å². The maximum Gasteiger partial charge on any atom is 0.335 e. The van der Waals surface area contributed by atoms with Crippen molar-refractivity contribution in [1.29, 1.82) is 0 Å². The Labute approximate surface area is 234 Å². The van der Waals surface area contributed by atoms with Crippen LogP contribution < -0.4 is 9.47 Å². The third-order valence-electron chi connectivity index (χ3n) is 5.64. The van der Waals surface area contributed by atoms with Crippen LogP contribution in [0.5, 0.6) is 23.0 Å². The van der Waals surface area contributed by atoms with Gasteiger partial charge < -0.3 is 19.7 Å². The normalized spacial score (nSPS) is 9.79. The summed E-state index contributed by atoms with van der Waals surface area (Å²) in [5, 5.41) is 18.5. The van der Waals surface area contributed by atoms with E-state index < -0.39 is 11.6 Å². The van der Waals surface area contributed by atoms with Crippen molar-refractivity contribution < 1.29 is 28.1 Å². The van der Waals surface area contributed by atoms with E-state index in [4.69, 9.17) is 17.9 Å². The minimum Gasteiger partial charge on any atom is -0.508 e. The molecule has 0 aliphatic rings. The lowest BCUT2D eigenvalue weighted by molar-refractivity contribution is 0.309. The molecule has 0 fully saturated rings. The topological polar surface area (TPSA) is 93.1 Å². The van der Waals surface area contributed by atoms with Gasteiger partial charge in [0.05, 0.1) is 13.2 Å². The Hall–Kier alpha value is -4.10. The van der Waals surface area contributed by atoms with Crippen LogP contribution in [0.25, 0.3) is 22.3 Å². The predicted octanol–water partition coefficient (Wildman–Crippen LogP) is 7.81. The van der Waals surface area contributed by atoms with Gasteiger partial charge in [0.25, 0.3) is 0 Å². The van der Waals surface area contributed by atoms with Gasteiger partial charge in [-0.3, -0.25) is 0 Å². The number of phenols is 2. The lowest BCUT2D eigenvalue weighted by Crippen LogP contribution is -1.95. The molecular weight excluding hydrogens is 512 g/mol. The fourth-order valence-corrected chi connectivity index (χ4v) is 3.46. The molecule has 2 N–H and O–H groups in total. The first kappa shape index (κ1) is 31.1. The second kappa shape index (κ2) is 18.2. The van der Waals surface area contributed by atoms with Crippen LogP contribution in [0.4, 0.5) is 0 Å². The fraction of sp³-hybridized carbons (Fsp3) is 0.250. The summed E-state index contributed by atoms with van der Waals surface area (Å²) in [6, 6.07) is 30.5. The molecule has 0 aliphatic heterocycles. The van der Waals surface area contributed by atoms with Gasteiger partial charge in [0.15, 0.2) is 0 Å². The maximum absolute atomic E-state index is 9.25. The molecule has 4 rings (SSSR count). The quantitative estimate of drug-likeness (QED) is 0.196. The standard InChI is InChI=1S/2C16H18O2.O2S/c2*1-2-3-12-18-16-10-6-14(7-11-16)13-4-8-15(17)9-5-13;1-3-2/h2*4-11,17H,2-3,12H2,1H3;. The summed E-state index contributed by atoms with van der Waals surface area (Å²) in [5.74, 6) is 2.40. The third-order valence-corrected chi connectivity index (χ3v) is 5.64. The molecular formula is C32H36O6S. The summed E-state index contributed by atoms with van der Waals surface area (Å²) in [7, 11) is 0. The lowest BCUT2D eigenvalue weighted by Gasteiger charge is -2.07. The average molecular weight is 549 g/mol. The number of benzene rings is 4. The fourth-order valence-electron chi connectivity index (χ4n) is 3.46. The van der Waals surface area contributed by atoms with E-state index in [9.17, 15) is 10.2 Å². The molecule has 0 saturated carbocycles. The second-order valence-corrected chi connectivity index (χ2v) is 8.75. The smallest absolute Gasteiger partial charge is 0.335 e. The van der Waals surface area contributed by atoms with Crippen LogP contribution in [0.3, 0.4) is 0 Å². The molecule has 0 radical (unpaired) electrons. The van der Waals surface area contributed by atoms with E-state index in [1.807, 2.05) is 72.8 Å². The van der Waals surface area contributed by atoms with Crippen LogP contribution in [-0.2, 0) is 11.6 Å².